The lowest BCUT2D eigenvalue weighted by Gasteiger charge is -2.06. The number of nitrogens with two attached hydrogens (primary N) is 1. The monoisotopic (exact) mass is 285 g/mol. The number of halogens is 3. The second-order valence-corrected chi connectivity index (χ2v) is 5.46. The van der Waals surface area contributed by atoms with Gasteiger partial charge in [0.15, 0.2) is 11.6 Å². The van der Waals surface area contributed by atoms with Crippen molar-refractivity contribution in [1.82, 2.24) is 0 Å². The van der Waals surface area contributed by atoms with Gasteiger partial charge in [-0.25, -0.2) is 13.2 Å². The summed E-state index contributed by atoms with van der Waals surface area (Å²) in [5.74, 6) is -3.00. The summed E-state index contributed by atoms with van der Waals surface area (Å²) in [6, 6.07) is 4.84. The molecule has 0 amide bonds. The summed E-state index contributed by atoms with van der Waals surface area (Å²) in [6.07, 6.45) is 1.79. The molecule has 2 N–H and O–H groups in total. The summed E-state index contributed by atoms with van der Waals surface area (Å²) in [4.78, 5) is 1.47. The highest BCUT2D eigenvalue weighted by atomic mass is 32.1. The average Bonchev–Trinajstić information content (AvgIpc) is 2.83. The maximum absolute atomic E-state index is 13.6. The van der Waals surface area contributed by atoms with Crippen molar-refractivity contribution in [2.24, 2.45) is 5.73 Å². The fourth-order valence-corrected chi connectivity index (χ4v) is 2.92. The van der Waals surface area contributed by atoms with E-state index in [1.807, 2.05) is 6.92 Å². The Labute approximate surface area is 113 Å². The smallest absolute Gasteiger partial charge is 0.161 e. The fraction of sp³-hybridized carbons (Fsp3) is 0.286. The Morgan fingerprint density at radius 3 is 2.47 bits per heavy atom. The Bertz CT molecular complexity index is 580. The van der Waals surface area contributed by atoms with Crippen LogP contribution in [0.1, 0.15) is 30.7 Å². The van der Waals surface area contributed by atoms with E-state index in [-0.39, 0.29) is 11.6 Å². The lowest BCUT2D eigenvalue weighted by Crippen LogP contribution is -2.07. The summed E-state index contributed by atoms with van der Waals surface area (Å²) in [7, 11) is 0. The van der Waals surface area contributed by atoms with Crippen LogP contribution < -0.4 is 5.73 Å². The molecule has 0 aliphatic heterocycles. The number of hydrogen-bond donors (Lipinski definition) is 1. The van der Waals surface area contributed by atoms with Gasteiger partial charge in [-0.15, -0.1) is 11.3 Å². The molecule has 1 aromatic heterocycles. The van der Waals surface area contributed by atoms with Crippen LogP contribution in [0.5, 0.6) is 0 Å². The van der Waals surface area contributed by atoms with Crippen molar-refractivity contribution in [2.45, 2.75) is 25.8 Å². The van der Waals surface area contributed by atoms with Crippen molar-refractivity contribution in [2.75, 3.05) is 0 Å². The molecule has 0 saturated heterocycles. The maximum atomic E-state index is 13.6. The molecule has 0 spiro atoms. The zero-order valence-corrected chi connectivity index (χ0v) is 11.2. The van der Waals surface area contributed by atoms with Crippen LogP contribution in [0.25, 0.3) is 10.4 Å². The Kier molecular flexibility index (Phi) is 4.27. The highest BCUT2D eigenvalue weighted by molar-refractivity contribution is 7.15. The molecule has 0 fully saturated rings. The SMILES string of the molecule is CCCC(N)c1ccc(-c2cc(F)c(F)cc2F)s1. The molecule has 2 aromatic rings. The van der Waals surface area contributed by atoms with E-state index in [2.05, 4.69) is 0 Å². The molecule has 1 aromatic carbocycles. The van der Waals surface area contributed by atoms with Crippen LogP contribution in [0.2, 0.25) is 0 Å². The summed E-state index contributed by atoms with van der Waals surface area (Å²) in [6.45, 7) is 2.03. The summed E-state index contributed by atoms with van der Waals surface area (Å²) < 4.78 is 39.7. The normalized spacial score (nSPS) is 12.7. The molecular formula is C14H14F3NS. The van der Waals surface area contributed by atoms with E-state index in [0.717, 1.165) is 23.8 Å². The standard InChI is InChI=1S/C14H14F3NS/c1-2-3-12(18)14-5-4-13(19-14)8-6-10(16)11(17)7-9(8)15/h4-7,12H,2-3,18H2,1H3. The van der Waals surface area contributed by atoms with Gasteiger partial charge in [0.1, 0.15) is 5.82 Å². The first-order valence-electron chi connectivity index (χ1n) is 6.03. The number of benzene rings is 1. The van der Waals surface area contributed by atoms with Gasteiger partial charge in [0.05, 0.1) is 0 Å². The molecule has 1 nitrogen and oxygen atoms in total. The van der Waals surface area contributed by atoms with Crippen molar-refractivity contribution < 1.29 is 13.2 Å². The lowest BCUT2D eigenvalue weighted by atomic mass is 10.1. The third-order valence-corrected chi connectivity index (χ3v) is 4.12. The second kappa shape index (κ2) is 5.75. The Morgan fingerprint density at radius 2 is 1.79 bits per heavy atom. The maximum Gasteiger partial charge on any atom is 0.161 e. The molecule has 0 aliphatic rings. The number of hydrogen-bond acceptors (Lipinski definition) is 2. The fourth-order valence-electron chi connectivity index (χ4n) is 1.86. The molecule has 0 bridgehead atoms. The van der Waals surface area contributed by atoms with Crippen LogP contribution in [-0.2, 0) is 0 Å². The Morgan fingerprint density at radius 1 is 1.11 bits per heavy atom. The Hall–Kier alpha value is -1.33. The first kappa shape index (κ1) is 14.1. The zero-order valence-electron chi connectivity index (χ0n) is 10.4. The van der Waals surface area contributed by atoms with Crippen molar-refractivity contribution in [3.8, 4) is 10.4 Å². The minimum Gasteiger partial charge on any atom is -0.323 e. The average molecular weight is 285 g/mol. The molecule has 1 heterocycles. The van der Waals surface area contributed by atoms with Gasteiger partial charge in [0, 0.05) is 27.4 Å². The van der Waals surface area contributed by atoms with Crippen molar-refractivity contribution in [3.05, 3.63) is 46.6 Å². The highest BCUT2D eigenvalue weighted by Gasteiger charge is 2.15. The predicted octanol–water partition coefficient (Wildman–Crippen LogP) is 4.63. The quantitative estimate of drug-likeness (QED) is 0.814. The topological polar surface area (TPSA) is 26.0 Å². The van der Waals surface area contributed by atoms with E-state index in [1.54, 1.807) is 12.1 Å². The largest absolute Gasteiger partial charge is 0.323 e. The van der Waals surface area contributed by atoms with E-state index in [9.17, 15) is 13.2 Å². The molecule has 1 unspecified atom stereocenters. The number of rotatable bonds is 4. The minimum atomic E-state index is -1.18. The highest BCUT2D eigenvalue weighted by Crippen LogP contribution is 2.34. The van der Waals surface area contributed by atoms with Gasteiger partial charge in [0.25, 0.3) is 0 Å². The van der Waals surface area contributed by atoms with Gasteiger partial charge in [0.2, 0.25) is 0 Å². The van der Waals surface area contributed by atoms with Crippen molar-refractivity contribution >= 4 is 11.3 Å². The van der Waals surface area contributed by atoms with Crippen LogP contribution in [0.3, 0.4) is 0 Å². The van der Waals surface area contributed by atoms with E-state index < -0.39 is 17.5 Å². The van der Waals surface area contributed by atoms with Gasteiger partial charge in [-0.3, -0.25) is 0 Å². The molecule has 0 aliphatic carbocycles. The third-order valence-electron chi connectivity index (χ3n) is 2.87. The van der Waals surface area contributed by atoms with Crippen LogP contribution in [-0.4, -0.2) is 0 Å². The molecule has 0 radical (unpaired) electrons. The Balaban J connectivity index is 2.35. The van der Waals surface area contributed by atoms with E-state index in [1.165, 1.54) is 11.3 Å². The summed E-state index contributed by atoms with van der Waals surface area (Å²) in [5.41, 5.74) is 6.04. The molecule has 1 atom stereocenters. The van der Waals surface area contributed by atoms with Gasteiger partial charge < -0.3 is 5.73 Å². The molecule has 19 heavy (non-hydrogen) atoms. The molecule has 102 valence electrons. The number of thiophene rings is 1. The molecular weight excluding hydrogens is 271 g/mol. The zero-order chi connectivity index (χ0) is 14.0. The first-order chi connectivity index (χ1) is 9.02. The summed E-state index contributed by atoms with van der Waals surface area (Å²) in [5, 5.41) is 0. The lowest BCUT2D eigenvalue weighted by molar-refractivity contribution is 0.496. The first-order valence-corrected chi connectivity index (χ1v) is 6.84. The molecule has 0 saturated carbocycles. The second-order valence-electron chi connectivity index (χ2n) is 4.34. The van der Waals surface area contributed by atoms with Crippen LogP contribution in [0, 0.1) is 17.5 Å². The predicted molar refractivity (Wildman–Crippen MR) is 71.5 cm³/mol. The van der Waals surface area contributed by atoms with E-state index in [0.29, 0.717) is 10.9 Å². The molecule has 5 heteroatoms. The van der Waals surface area contributed by atoms with E-state index >= 15 is 0 Å². The van der Waals surface area contributed by atoms with Gasteiger partial charge >= 0.3 is 0 Å². The van der Waals surface area contributed by atoms with Gasteiger partial charge in [-0.05, 0) is 24.6 Å². The van der Waals surface area contributed by atoms with Gasteiger partial charge in [-0.2, -0.15) is 0 Å². The van der Waals surface area contributed by atoms with E-state index in [4.69, 9.17) is 5.73 Å². The van der Waals surface area contributed by atoms with Crippen LogP contribution >= 0.6 is 11.3 Å². The summed E-state index contributed by atoms with van der Waals surface area (Å²) >= 11 is 1.31. The van der Waals surface area contributed by atoms with Crippen molar-refractivity contribution in [3.63, 3.8) is 0 Å². The third kappa shape index (κ3) is 2.98. The van der Waals surface area contributed by atoms with Crippen molar-refractivity contribution in [1.29, 1.82) is 0 Å². The van der Waals surface area contributed by atoms with Crippen LogP contribution in [0.4, 0.5) is 13.2 Å². The van der Waals surface area contributed by atoms with Gasteiger partial charge in [-0.1, -0.05) is 13.3 Å². The minimum absolute atomic E-state index is 0.0684. The molecule has 2 rings (SSSR count). The van der Waals surface area contributed by atoms with Crippen LogP contribution in [0.15, 0.2) is 24.3 Å².